The number of ether oxygens (including phenoxy) is 1. The van der Waals surface area contributed by atoms with Crippen molar-refractivity contribution in [2.24, 2.45) is 5.10 Å². The molecule has 1 aromatic heterocycles. The number of aromatic nitrogens is 1. The van der Waals surface area contributed by atoms with Gasteiger partial charge in [-0.25, -0.2) is 4.98 Å². The van der Waals surface area contributed by atoms with Crippen LogP contribution in [0.4, 0.5) is 10.9 Å². The molecule has 0 aliphatic heterocycles. The van der Waals surface area contributed by atoms with E-state index in [0.29, 0.717) is 10.9 Å². The topological polar surface area (TPSA) is 72.5 Å². The Morgan fingerprint density at radius 2 is 2.30 bits per heavy atom. The standard InChI is InChI=1S/C14H18N4OS/c1-2-3-8-19-12-7-5-4-6-11(12)9-16-18-14-17-13(15)10-20-14/h4-7,9-10H,2-3,8,15H2,1H3,(H,17,18). The van der Waals surface area contributed by atoms with Crippen molar-refractivity contribution in [1.82, 2.24) is 4.98 Å². The minimum absolute atomic E-state index is 0.496. The molecule has 20 heavy (non-hydrogen) atoms. The molecule has 0 aliphatic rings. The molecule has 0 bridgehead atoms. The van der Waals surface area contributed by atoms with Crippen LogP contribution in [0.2, 0.25) is 0 Å². The normalized spacial score (nSPS) is 10.8. The van der Waals surface area contributed by atoms with Gasteiger partial charge in [-0.3, -0.25) is 5.43 Å². The molecule has 0 fully saturated rings. The summed E-state index contributed by atoms with van der Waals surface area (Å²) in [4.78, 5) is 4.07. The lowest BCUT2D eigenvalue weighted by Crippen LogP contribution is -2.00. The second-order valence-electron chi connectivity index (χ2n) is 4.19. The highest BCUT2D eigenvalue weighted by molar-refractivity contribution is 7.14. The van der Waals surface area contributed by atoms with Crippen molar-refractivity contribution in [3.05, 3.63) is 35.2 Å². The molecule has 5 nitrogen and oxygen atoms in total. The number of hydrazone groups is 1. The Bertz CT molecular complexity index is 568. The molecule has 0 atom stereocenters. The molecule has 106 valence electrons. The maximum absolute atomic E-state index is 5.73. The molecular formula is C14H18N4OS. The second kappa shape index (κ2) is 7.49. The highest BCUT2D eigenvalue weighted by Crippen LogP contribution is 2.18. The van der Waals surface area contributed by atoms with Crippen LogP contribution >= 0.6 is 11.3 Å². The summed E-state index contributed by atoms with van der Waals surface area (Å²) in [6, 6.07) is 7.81. The monoisotopic (exact) mass is 290 g/mol. The Labute approximate surface area is 122 Å². The quantitative estimate of drug-likeness (QED) is 0.466. The number of nitrogen functional groups attached to an aromatic ring is 1. The van der Waals surface area contributed by atoms with Crippen molar-refractivity contribution in [2.75, 3.05) is 17.8 Å². The van der Waals surface area contributed by atoms with E-state index in [1.165, 1.54) is 11.3 Å². The highest BCUT2D eigenvalue weighted by Gasteiger charge is 2.00. The van der Waals surface area contributed by atoms with Crippen LogP contribution in [0.5, 0.6) is 5.75 Å². The van der Waals surface area contributed by atoms with Crippen LogP contribution in [-0.2, 0) is 0 Å². The molecule has 0 radical (unpaired) electrons. The lowest BCUT2D eigenvalue weighted by molar-refractivity contribution is 0.309. The molecule has 0 aliphatic carbocycles. The Hall–Kier alpha value is -2.08. The van der Waals surface area contributed by atoms with Crippen molar-refractivity contribution >= 4 is 28.5 Å². The van der Waals surface area contributed by atoms with Gasteiger partial charge in [0.2, 0.25) is 5.13 Å². The van der Waals surface area contributed by atoms with Crippen molar-refractivity contribution in [3.8, 4) is 5.75 Å². The fraction of sp³-hybridized carbons (Fsp3) is 0.286. The zero-order valence-corrected chi connectivity index (χ0v) is 12.2. The van der Waals surface area contributed by atoms with Crippen LogP contribution in [0.1, 0.15) is 25.3 Å². The maximum Gasteiger partial charge on any atom is 0.205 e. The summed E-state index contributed by atoms with van der Waals surface area (Å²) in [6.45, 7) is 2.86. The van der Waals surface area contributed by atoms with E-state index in [0.717, 1.165) is 30.8 Å². The van der Waals surface area contributed by atoms with Crippen LogP contribution in [0.25, 0.3) is 0 Å². The first-order valence-corrected chi connectivity index (χ1v) is 7.39. The van der Waals surface area contributed by atoms with Gasteiger partial charge in [0.15, 0.2) is 0 Å². The van der Waals surface area contributed by atoms with Crippen molar-refractivity contribution < 1.29 is 4.74 Å². The van der Waals surface area contributed by atoms with Crippen molar-refractivity contribution in [3.63, 3.8) is 0 Å². The third-order valence-corrected chi connectivity index (χ3v) is 3.33. The van der Waals surface area contributed by atoms with Crippen LogP contribution in [0, 0.1) is 0 Å². The number of hydrogen-bond donors (Lipinski definition) is 2. The Morgan fingerprint density at radius 1 is 1.45 bits per heavy atom. The molecule has 2 rings (SSSR count). The Kier molecular flexibility index (Phi) is 5.37. The fourth-order valence-corrected chi connectivity index (χ4v) is 2.09. The van der Waals surface area contributed by atoms with Gasteiger partial charge in [-0.05, 0) is 18.6 Å². The summed E-state index contributed by atoms with van der Waals surface area (Å²) in [5.41, 5.74) is 9.32. The Balaban J connectivity index is 1.97. The lowest BCUT2D eigenvalue weighted by atomic mass is 10.2. The summed E-state index contributed by atoms with van der Waals surface area (Å²) in [5, 5.41) is 6.58. The third-order valence-electron chi connectivity index (χ3n) is 2.56. The number of nitrogens with one attached hydrogen (secondary N) is 1. The molecule has 0 unspecified atom stereocenters. The number of anilines is 2. The average Bonchev–Trinajstić information content (AvgIpc) is 2.86. The van der Waals surface area contributed by atoms with E-state index in [-0.39, 0.29) is 0 Å². The van der Waals surface area contributed by atoms with Gasteiger partial charge in [-0.1, -0.05) is 25.5 Å². The number of benzene rings is 1. The van der Waals surface area contributed by atoms with Gasteiger partial charge in [0.05, 0.1) is 12.8 Å². The fourth-order valence-electron chi connectivity index (χ4n) is 1.54. The van der Waals surface area contributed by atoms with Gasteiger partial charge in [-0.15, -0.1) is 11.3 Å². The van der Waals surface area contributed by atoms with E-state index in [2.05, 4.69) is 22.4 Å². The highest BCUT2D eigenvalue weighted by atomic mass is 32.1. The molecule has 1 aromatic carbocycles. The average molecular weight is 290 g/mol. The van der Waals surface area contributed by atoms with Gasteiger partial charge >= 0.3 is 0 Å². The number of rotatable bonds is 7. The zero-order valence-electron chi connectivity index (χ0n) is 11.4. The Morgan fingerprint density at radius 3 is 3.05 bits per heavy atom. The second-order valence-corrected chi connectivity index (χ2v) is 5.05. The number of unbranched alkanes of at least 4 members (excludes halogenated alkanes) is 1. The molecule has 1 heterocycles. The smallest absolute Gasteiger partial charge is 0.205 e. The van der Waals surface area contributed by atoms with Gasteiger partial charge < -0.3 is 10.5 Å². The number of nitrogens with zero attached hydrogens (tertiary/aromatic N) is 2. The number of hydrogen-bond acceptors (Lipinski definition) is 6. The van der Waals surface area contributed by atoms with E-state index in [1.54, 1.807) is 11.6 Å². The summed E-state index contributed by atoms with van der Waals surface area (Å²) < 4.78 is 5.73. The first kappa shape index (κ1) is 14.3. The number of para-hydroxylation sites is 1. The SMILES string of the molecule is CCCCOc1ccccc1C=NNc1nc(N)cs1. The molecule has 3 N–H and O–H groups in total. The zero-order chi connectivity index (χ0) is 14.2. The maximum atomic E-state index is 5.73. The molecule has 0 saturated heterocycles. The van der Waals surface area contributed by atoms with E-state index >= 15 is 0 Å². The van der Waals surface area contributed by atoms with Gasteiger partial charge in [0, 0.05) is 10.9 Å². The minimum atomic E-state index is 0.496. The largest absolute Gasteiger partial charge is 0.493 e. The molecule has 0 spiro atoms. The molecule has 0 saturated carbocycles. The van der Waals surface area contributed by atoms with Gasteiger partial charge in [0.1, 0.15) is 11.6 Å². The predicted molar refractivity (Wildman–Crippen MR) is 84.6 cm³/mol. The van der Waals surface area contributed by atoms with Crippen molar-refractivity contribution in [2.45, 2.75) is 19.8 Å². The van der Waals surface area contributed by atoms with Gasteiger partial charge in [0.25, 0.3) is 0 Å². The van der Waals surface area contributed by atoms with E-state index in [4.69, 9.17) is 10.5 Å². The van der Waals surface area contributed by atoms with E-state index < -0.39 is 0 Å². The minimum Gasteiger partial charge on any atom is -0.493 e. The number of nitrogens with two attached hydrogens (primary N) is 1. The predicted octanol–water partition coefficient (Wildman–Crippen LogP) is 3.35. The summed E-state index contributed by atoms with van der Waals surface area (Å²) in [7, 11) is 0. The molecule has 0 amide bonds. The molecule has 2 aromatic rings. The van der Waals surface area contributed by atoms with Crippen LogP contribution in [0.15, 0.2) is 34.7 Å². The van der Waals surface area contributed by atoms with Crippen molar-refractivity contribution in [1.29, 1.82) is 0 Å². The lowest BCUT2D eigenvalue weighted by Gasteiger charge is -2.07. The van der Waals surface area contributed by atoms with E-state index in [9.17, 15) is 0 Å². The first-order chi connectivity index (χ1) is 9.79. The van der Waals surface area contributed by atoms with Crippen LogP contribution in [-0.4, -0.2) is 17.8 Å². The summed E-state index contributed by atoms with van der Waals surface area (Å²) >= 11 is 1.41. The van der Waals surface area contributed by atoms with Gasteiger partial charge in [-0.2, -0.15) is 5.10 Å². The molecule has 6 heteroatoms. The first-order valence-electron chi connectivity index (χ1n) is 6.51. The van der Waals surface area contributed by atoms with E-state index in [1.807, 2.05) is 24.3 Å². The van der Waals surface area contributed by atoms with Crippen LogP contribution < -0.4 is 15.9 Å². The molecular weight excluding hydrogens is 272 g/mol. The third kappa shape index (κ3) is 4.24. The summed E-state index contributed by atoms with van der Waals surface area (Å²) in [6.07, 6.45) is 3.88. The van der Waals surface area contributed by atoms with Crippen LogP contribution in [0.3, 0.4) is 0 Å². The summed E-state index contributed by atoms with van der Waals surface area (Å²) in [5.74, 6) is 1.33. The number of thiazole rings is 1.